The first kappa shape index (κ1) is 13.2. The van der Waals surface area contributed by atoms with Crippen LogP contribution in [0, 0.1) is 16.0 Å². The zero-order chi connectivity index (χ0) is 12.8. The summed E-state index contributed by atoms with van der Waals surface area (Å²) in [5.74, 6) is -0.511. The highest BCUT2D eigenvalue weighted by Gasteiger charge is 2.16. The maximum atomic E-state index is 11.4. The van der Waals surface area contributed by atoms with Crippen LogP contribution in [0.15, 0.2) is 24.3 Å². The van der Waals surface area contributed by atoms with Crippen molar-refractivity contribution in [2.24, 2.45) is 5.92 Å². The zero-order valence-electron chi connectivity index (χ0n) is 9.88. The molecule has 0 spiro atoms. The molecule has 1 aromatic rings. The van der Waals surface area contributed by atoms with E-state index in [-0.39, 0.29) is 24.2 Å². The van der Waals surface area contributed by atoms with Crippen molar-refractivity contribution >= 4 is 11.7 Å². The molecule has 0 fully saturated rings. The molecule has 0 saturated heterocycles. The van der Waals surface area contributed by atoms with Crippen molar-refractivity contribution in [2.75, 3.05) is 0 Å². The van der Waals surface area contributed by atoms with Crippen molar-refractivity contribution in [3.8, 4) is 0 Å². The Morgan fingerprint density at radius 2 is 2.12 bits per heavy atom. The first-order chi connectivity index (χ1) is 8.06. The Labute approximate surface area is 99.5 Å². The standard InChI is InChI=1S/C12H15NO4/c1-3-9(2)12(14)17-8-10-6-4-5-7-11(10)13(15)16/h4-7,9H,3,8H2,1-2H3. The van der Waals surface area contributed by atoms with E-state index in [4.69, 9.17) is 4.74 Å². The molecule has 1 unspecified atom stereocenters. The van der Waals surface area contributed by atoms with Gasteiger partial charge in [0.1, 0.15) is 6.61 Å². The highest BCUT2D eigenvalue weighted by Crippen LogP contribution is 2.19. The molecule has 0 aliphatic heterocycles. The van der Waals surface area contributed by atoms with Crippen LogP contribution in [0.1, 0.15) is 25.8 Å². The second kappa shape index (κ2) is 5.98. The Morgan fingerprint density at radius 3 is 2.71 bits per heavy atom. The van der Waals surface area contributed by atoms with Gasteiger partial charge < -0.3 is 4.74 Å². The summed E-state index contributed by atoms with van der Waals surface area (Å²) in [4.78, 5) is 21.7. The van der Waals surface area contributed by atoms with Gasteiger partial charge in [-0.05, 0) is 12.5 Å². The van der Waals surface area contributed by atoms with Crippen LogP contribution in [0.25, 0.3) is 0 Å². The third-order valence-electron chi connectivity index (χ3n) is 2.57. The highest BCUT2D eigenvalue weighted by atomic mass is 16.6. The van der Waals surface area contributed by atoms with E-state index in [1.807, 2.05) is 6.92 Å². The highest BCUT2D eigenvalue weighted by molar-refractivity contribution is 5.72. The molecule has 17 heavy (non-hydrogen) atoms. The molecular formula is C12H15NO4. The van der Waals surface area contributed by atoms with E-state index in [1.165, 1.54) is 6.07 Å². The fraction of sp³-hybridized carbons (Fsp3) is 0.417. The van der Waals surface area contributed by atoms with Crippen LogP contribution in [0.5, 0.6) is 0 Å². The smallest absolute Gasteiger partial charge is 0.308 e. The van der Waals surface area contributed by atoms with E-state index < -0.39 is 4.92 Å². The molecule has 0 aliphatic carbocycles. The molecule has 92 valence electrons. The number of hydrogen-bond donors (Lipinski definition) is 0. The van der Waals surface area contributed by atoms with Crippen LogP contribution >= 0.6 is 0 Å². The maximum Gasteiger partial charge on any atom is 0.308 e. The number of esters is 1. The molecule has 0 radical (unpaired) electrons. The van der Waals surface area contributed by atoms with E-state index >= 15 is 0 Å². The molecule has 0 N–H and O–H groups in total. The van der Waals surface area contributed by atoms with Gasteiger partial charge in [0.25, 0.3) is 5.69 Å². The summed E-state index contributed by atoms with van der Waals surface area (Å²) >= 11 is 0. The average Bonchev–Trinajstić information content (AvgIpc) is 2.35. The van der Waals surface area contributed by atoms with Crippen molar-refractivity contribution < 1.29 is 14.5 Å². The lowest BCUT2D eigenvalue weighted by Gasteiger charge is -2.09. The number of nitro groups is 1. The number of nitro benzene ring substituents is 1. The van der Waals surface area contributed by atoms with Gasteiger partial charge in [-0.3, -0.25) is 14.9 Å². The van der Waals surface area contributed by atoms with Gasteiger partial charge >= 0.3 is 5.97 Å². The Kier molecular flexibility index (Phi) is 4.63. The summed E-state index contributed by atoms with van der Waals surface area (Å²) in [6.45, 7) is 3.60. The molecule has 1 aromatic carbocycles. The van der Waals surface area contributed by atoms with Gasteiger partial charge in [-0.25, -0.2) is 0 Å². The minimum Gasteiger partial charge on any atom is -0.460 e. The van der Waals surface area contributed by atoms with Gasteiger partial charge in [-0.1, -0.05) is 26.0 Å². The number of hydrogen-bond acceptors (Lipinski definition) is 4. The van der Waals surface area contributed by atoms with E-state index in [2.05, 4.69) is 0 Å². The number of nitrogens with zero attached hydrogens (tertiary/aromatic N) is 1. The topological polar surface area (TPSA) is 69.4 Å². The fourth-order valence-corrected chi connectivity index (χ4v) is 1.27. The van der Waals surface area contributed by atoms with Gasteiger partial charge in [0.15, 0.2) is 0 Å². The predicted octanol–water partition coefficient (Wildman–Crippen LogP) is 2.68. The summed E-state index contributed by atoms with van der Waals surface area (Å²) in [5.41, 5.74) is 0.388. The second-order valence-corrected chi connectivity index (χ2v) is 3.80. The minimum atomic E-state index is -0.480. The Hall–Kier alpha value is -1.91. The Bertz CT molecular complexity index is 417. The first-order valence-electron chi connectivity index (χ1n) is 5.45. The molecule has 0 bridgehead atoms. The minimum absolute atomic E-state index is 0.0237. The van der Waals surface area contributed by atoms with Crippen molar-refractivity contribution in [3.05, 3.63) is 39.9 Å². The SMILES string of the molecule is CCC(C)C(=O)OCc1ccccc1[N+](=O)[O-]. The first-order valence-corrected chi connectivity index (χ1v) is 5.45. The van der Waals surface area contributed by atoms with Crippen LogP contribution in [0.2, 0.25) is 0 Å². The second-order valence-electron chi connectivity index (χ2n) is 3.80. The summed E-state index contributed by atoms with van der Waals surface area (Å²) in [7, 11) is 0. The van der Waals surface area contributed by atoms with Gasteiger partial charge in [-0.15, -0.1) is 0 Å². The van der Waals surface area contributed by atoms with Crippen molar-refractivity contribution in [2.45, 2.75) is 26.9 Å². The Morgan fingerprint density at radius 1 is 1.47 bits per heavy atom. The number of carbonyl (C=O) groups is 1. The van der Waals surface area contributed by atoms with E-state index in [0.29, 0.717) is 12.0 Å². The summed E-state index contributed by atoms with van der Waals surface area (Å²) in [6, 6.07) is 6.24. The predicted molar refractivity (Wildman–Crippen MR) is 62.3 cm³/mol. The molecular weight excluding hydrogens is 222 g/mol. The van der Waals surface area contributed by atoms with E-state index in [0.717, 1.165) is 0 Å². The lowest BCUT2D eigenvalue weighted by molar-refractivity contribution is -0.385. The van der Waals surface area contributed by atoms with Crippen LogP contribution in [-0.2, 0) is 16.1 Å². The molecule has 0 saturated carbocycles. The zero-order valence-corrected chi connectivity index (χ0v) is 9.88. The fourth-order valence-electron chi connectivity index (χ4n) is 1.27. The van der Waals surface area contributed by atoms with Crippen LogP contribution < -0.4 is 0 Å². The summed E-state index contributed by atoms with van der Waals surface area (Å²) in [6.07, 6.45) is 0.690. The molecule has 1 atom stereocenters. The van der Waals surface area contributed by atoms with Gasteiger partial charge in [0.05, 0.1) is 16.4 Å². The summed E-state index contributed by atoms with van der Waals surface area (Å²) < 4.78 is 5.03. The molecule has 5 nitrogen and oxygen atoms in total. The largest absolute Gasteiger partial charge is 0.460 e. The average molecular weight is 237 g/mol. The van der Waals surface area contributed by atoms with Gasteiger partial charge in [0.2, 0.25) is 0 Å². The molecule has 1 rings (SSSR count). The van der Waals surface area contributed by atoms with E-state index in [1.54, 1.807) is 25.1 Å². The third-order valence-corrected chi connectivity index (χ3v) is 2.57. The van der Waals surface area contributed by atoms with Crippen LogP contribution in [0.3, 0.4) is 0 Å². The molecule has 5 heteroatoms. The number of para-hydroxylation sites is 1. The lowest BCUT2D eigenvalue weighted by Crippen LogP contribution is -2.14. The quantitative estimate of drug-likeness (QED) is 0.448. The lowest BCUT2D eigenvalue weighted by atomic mass is 10.1. The third kappa shape index (κ3) is 3.55. The normalized spacial score (nSPS) is 11.9. The number of rotatable bonds is 5. The van der Waals surface area contributed by atoms with Crippen molar-refractivity contribution in [3.63, 3.8) is 0 Å². The molecule has 0 aromatic heterocycles. The summed E-state index contributed by atoms with van der Waals surface area (Å²) in [5, 5.41) is 10.7. The number of benzene rings is 1. The van der Waals surface area contributed by atoms with Crippen LogP contribution in [0.4, 0.5) is 5.69 Å². The number of carbonyl (C=O) groups excluding carboxylic acids is 1. The number of ether oxygens (including phenoxy) is 1. The van der Waals surface area contributed by atoms with Gasteiger partial charge in [0, 0.05) is 6.07 Å². The molecule has 0 amide bonds. The van der Waals surface area contributed by atoms with Crippen molar-refractivity contribution in [1.82, 2.24) is 0 Å². The monoisotopic (exact) mass is 237 g/mol. The van der Waals surface area contributed by atoms with Crippen molar-refractivity contribution in [1.29, 1.82) is 0 Å². The van der Waals surface area contributed by atoms with E-state index in [9.17, 15) is 14.9 Å². The molecule has 0 heterocycles. The maximum absolute atomic E-state index is 11.4. The van der Waals surface area contributed by atoms with Crippen LogP contribution in [-0.4, -0.2) is 10.9 Å². The van der Waals surface area contributed by atoms with Gasteiger partial charge in [-0.2, -0.15) is 0 Å². The Balaban J connectivity index is 2.69. The molecule has 0 aliphatic rings.